The molecule has 0 rings (SSSR count). The molecule has 5 heteroatoms. The van der Waals surface area contributed by atoms with E-state index in [9.17, 15) is 4.79 Å². The van der Waals surface area contributed by atoms with Gasteiger partial charge in [-0.05, 0) is 18.8 Å². The van der Waals surface area contributed by atoms with Gasteiger partial charge in [-0.15, -0.1) is 11.8 Å². The summed E-state index contributed by atoms with van der Waals surface area (Å²) < 4.78 is 4.70. The van der Waals surface area contributed by atoms with E-state index in [2.05, 4.69) is 18.5 Å². The van der Waals surface area contributed by atoms with Crippen LogP contribution >= 0.6 is 11.8 Å². The van der Waals surface area contributed by atoms with E-state index in [1.54, 1.807) is 6.92 Å². The summed E-state index contributed by atoms with van der Waals surface area (Å²) in [5, 5.41) is 11.5. The van der Waals surface area contributed by atoms with Crippen molar-refractivity contribution in [2.45, 2.75) is 19.9 Å². The van der Waals surface area contributed by atoms with Crippen molar-refractivity contribution in [3.05, 3.63) is 23.8 Å². The van der Waals surface area contributed by atoms with Crippen molar-refractivity contribution in [3.63, 3.8) is 0 Å². The number of amides is 1. The Bertz CT molecular complexity index is 253. The number of alkyl carbamates (subject to hydrolysis) is 1. The summed E-state index contributed by atoms with van der Waals surface area (Å²) in [7, 11) is 0. The van der Waals surface area contributed by atoms with Crippen LogP contribution in [0.3, 0.4) is 0 Å². The molecule has 0 aliphatic rings. The lowest BCUT2D eigenvalue weighted by Crippen LogP contribution is -2.39. The van der Waals surface area contributed by atoms with Crippen LogP contribution in [0.2, 0.25) is 0 Å². The third-order valence-corrected chi connectivity index (χ3v) is 2.40. The van der Waals surface area contributed by atoms with Crippen molar-refractivity contribution < 1.29 is 14.6 Å². The minimum atomic E-state index is -0.594. The van der Waals surface area contributed by atoms with E-state index in [0.717, 1.165) is 4.91 Å². The van der Waals surface area contributed by atoms with E-state index in [-0.39, 0.29) is 12.6 Å². The van der Waals surface area contributed by atoms with Gasteiger partial charge in [0.05, 0.1) is 18.4 Å². The van der Waals surface area contributed by atoms with Crippen molar-refractivity contribution in [1.29, 1.82) is 0 Å². The van der Waals surface area contributed by atoms with Gasteiger partial charge in [0.25, 0.3) is 0 Å². The van der Waals surface area contributed by atoms with Gasteiger partial charge in [0, 0.05) is 5.75 Å². The summed E-state index contributed by atoms with van der Waals surface area (Å²) in [5.74, 6) is 0.883. The largest absolute Gasteiger partial charge is 0.416 e. The minimum absolute atomic E-state index is 0.133. The normalized spacial score (nSPS) is 11.7. The van der Waals surface area contributed by atoms with E-state index in [1.165, 1.54) is 11.8 Å². The van der Waals surface area contributed by atoms with Crippen molar-refractivity contribution in [2.75, 3.05) is 12.4 Å². The molecule has 0 aliphatic carbocycles. The highest BCUT2D eigenvalue weighted by atomic mass is 32.2. The number of allylic oxidation sites excluding steroid dienone is 2. The first-order valence-corrected chi connectivity index (χ1v) is 5.47. The molecule has 0 aromatic heterocycles. The van der Waals surface area contributed by atoms with Crippen molar-refractivity contribution >= 4 is 17.9 Å². The van der Waals surface area contributed by atoms with Crippen LogP contribution in [-0.4, -0.2) is 29.6 Å². The first kappa shape index (κ1) is 14.1. The average molecular weight is 231 g/mol. The van der Waals surface area contributed by atoms with E-state index in [0.29, 0.717) is 11.5 Å². The Balaban J connectivity index is 3.92. The van der Waals surface area contributed by atoms with Crippen LogP contribution in [-0.2, 0) is 4.74 Å². The molecule has 0 aromatic rings. The van der Waals surface area contributed by atoms with Crippen molar-refractivity contribution in [1.82, 2.24) is 5.32 Å². The molecule has 0 saturated heterocycles. The van der Waals surface area contributed by atoms with Gasteiger partial charge in [0.2, 0.25) is 0 Å². The zero-order valence-electron chi connectivity index (χ0n) is 9.08. The Morgan fingerprint density at radius 2 is 2.13 bits per heavy atom. The third-order valence-electron chi connectivity index (χ3n) is 1.34. The predicted molar refractivity (Wildman–Crippen MR) is 62.6 cm³/mol. The Labute approximate surface area is 94.4 Å². The number of rotatable bonds is 6. The number of hydrogen-bond donors (Lipinski definition) is 2. The van der Waals surface area contributed by atoms with Crippen molar-refractivity contribution in [3.8, 4) is 0 Å². The molecule has 0 saturated carbocycles. The summed E-state index contributed by atoms with van der Waals surface area (Å²) in [4.78, 5) is 12.1. The van der Waals surface area contributed by atoms with E-state index in [1.807, 2.05) is 6.92 Å². The van der Waals surface area contributed by atoms with Gasteiger partial charge < -0.3 is 15.2 Å². The molecule has 86 valence electrons. The number of carbonyl (C=O) groups is 1. The Kier molecular flexibility index (Phi) is 6.90. The summed E-state index contributed by atoms with van der Waals surface area (Å²) in [6.45, 7) is 10.5. The highest BCUT2D eigenvalue weighted by Crippen LogP contribution is 2.12. The second-order valence-electron chi connectivity index (χ2n) is 3.13. The number of aliphatic hydroxyl groups excluding tert-OH is 1. The molecule has 0 heterocycles. The van der Waals surface area contributed by atoms with Gasteiger partial charge in [-0.25, -0.2) is 4.79 Å². The zero-order chi connectivity index (χ0) is 11.8. The van der Waals surface area contributed by atoms with Crippen LogP contribution in [0.5, 0.6) is 0 Å². The average Bonchev–Trinajstić information content (AvgIpc) is 2.10. The number of hydrogen-bond acceptors (Lipinski definition) is 4. The van der Waals surface area contributed by atoms with Crippen LogP contribution in [0.25, 0.3) is 0 Å². The first-order chi connectivity index (χ1) is 6.95. The predicted octanol–water partition coefficient (Wildman–Crippen LogP) is 1.87. The minimum Gasteiger partial charge on any atom is -0.416 e. The number of aliphatic hydroxyl groups is 1. The Morgan fingerprint density at radius 1 is 1.53 bits per heavy atom. The second-order valence-corrected chi connectivity index (χ2v) is 4.45. The number of nitrogens with one attached hydrogen (secondary N) is 1. The van der Waals surface area contributed by atoms with E-state index >= 15 is 0 Å². The molecular weight excluding hydrogens is 214 g/mol. The van der Waals surface area contributed by atoms with Gasteiger partial charge in [0.1, 0.15) is 0 Å². The summed E-state index contributed by atoms with van der Waals surface area (Å²) >= 11 is 1.48. The summed E-state index contributed by atoms with van der Waals surface area (Å²) in [6.07, 6.45) is -0.594. The molecule has 2 N–H and O–H groups in total. The van der Waals surface area contributed by atoms with Gasteiger partial charge in [-0.1, -0.05) is 13.2 Å². The maximum Gasteiger partial charge on any atom is 0.412 e. The van der Waals surface area contributed by atoms with Crippen LogP contribution in [0.15, 0.2) is 23.8 Å². The topological polar surface area (TPSA) is 58.6 Å². The number of thioether (sulfide) groups is 1. The zero-order valence-corrected chi connectivity index (χ0v) is 9.89. The second kappa shape index (κ2) is 7.36. The summed E-state index contributed by atoms with van der Waals surface area (Å²) in [5.41, 5.74) is 0. The molecule has 1 amide bonds. The molecule has 0 radical (unpaired) electrons. The maximum absolute atomic E-state index is 11.1. The first-order valence-electron chi connectivity index (χ1n) is 4.48. The molecule has 1 atom stereocenters. The van der Waals surface area contributed by atoms with Crippen LogP contribution in [0.1, 0.15) is 13.8 Å². The number of ether oxygens (including phenoxy) is 1. The fraction of sp³-hybridized carbons (Fsp3) is 0.500. The molecule has 0 aromatic carbocycles. The molecule has 0 unspecified atom stereocenters. The summed E-state index contributed by atoms with van der Waals surface area (Å²) in [6, 6.07) is -0.335. The van der Waals surface area contributed by atoms with E-state index < -0.39 is 6.09 Å². The Morgan fingerprint density at radius 3 is 2.53 bits per heavy atom. The monoisotopic (exact) mass is 231 g/mol. The molecular formula is C10H17NO3S. The maximum atomic E-state index is 11.1. The van der Waals surface area contributed by atoms with Crippen LogP contribution in [0, 0.1) is 0 Å². The third kappa shape index (κ3) is 8.08. The lowest BCUT2D eigenvalue weighted by molar-refractivity contribution is 0.165. The lowest BCUT2D eigenvalue weighted by atomic mass is 10.4. The molecule has 0 fully saturated rings. The lowest BCUT2D eigenvalue weighted by Gasteiger charge is -2.15. The fourth-order valence-electron chi connectivity index (χ4n) is 0.737. The highest BCUT2D eigenvalue weighted by molar-refractivity contribution is 8.03. The van der Waals surface area contributed by atoms with Crippen molar-refractivity contribution in [2.24, 2.45) is 0 Å². The van der Waals surface area contributed by atoms with Crippen LogP contribution in [0.4, 0.5) is 4.79 Å². The number of carbonyl (C=O) groups excluding carboxylic acids is 1. The van der Waals surface area contributed by atoms with Gasteiger partial charge >= 0.3 is 6.09 Å². The SMILES string of the molecule is C=C(C)OC(=O)N[C@@H](CO)CSC(=C)C. The fourth-order valence-corrected chi connectivity index (χ4v) is 1.41. The quantitative estimate of drug-likeness (QED) is 0.685. The molecule has 0 aliphatic heterocycles. The Hall–Kier alpha value is -0.940. The van der Waals surface area contributed by atoms with Crippen LogP contribution < -0.4 is 5.32 Å². The highest BCUT2D eigenvalue weighted by Gasteiger charge is 2.12. The molecule has 0 bridgehead atoms. The molecule has 15 heavy (non-hydrogen) atoms. The molecule has 0 spiro atoms. The smallest absolute Gasteiger partial charge is 0.412 e. The van der Waals surface area contributed by atoms with Gasteiger partial charge in [0.15, 0.2) is 0 Å². The standard InChI is InChI=1S/C10H17NO3S/c1-7(2)14-10(13)11-9(5-12)6-15-8(3)4/h9,12H,1,3,5-6H2,2,4H3,(H,11,13)/t9-/m0/s1. The van der Waals surface area contributed by atoms with Gasteiger partial charge in [-0.2, -0.15) is 0 Å². The molecule has 4 nitrogen and oxygen atoms in total. The van der Waals surface area contributed by atoms with E-state index in [4.69, 9.17) is 9.84 Å². The van der Waals surface area contributed by atoms with Gasteiger partial charge in [-0.3, -0.25) is 0 Å².